The van der Waals surface area contributed by atoms with Crippen molar-refractivity contribution in [2.24, 2.45) is 10.7 Å². The number of esters is 1. The minimum absolute atomic E-state index is 0.0511. The van der Waals surface area contributed by atoms with Gasteiger partial charge in [0, 0.05) is 25.6 Å². The molecule has 0 aromatic heterocycles. The van der Waals surface area contributed by atoms with Crippen molar-refractivity contribution in [3.63, 3.8) is 0 Å². The van der Waals surface area contributed by atoms with Crippen LogP contribution in [0.5, 0.6) is 5.75 Å². The van der Waals surface area contributed by atoms with Gasteiger partial charge in [-0.15, -0.1) is 0 Å². The normalized spacial score (nSPS) is 12.6. The highest BCUT2D eigenvalue weighted by Gasteiger charge is 2.23. The third-order valence-corrected chi connectivity index (χ3v) is 7.22. The summed E-state index contributed by atoms with van der Waals surface area (Å²) >= 11 is 0. The summed E-state index contributed by atoms with van der Waals surface area (Å²) in [6.07, 6.45) is 4.02. The van der Waals surface area contributed by atoms with Crippen molar-refractivity contribution in [1.29, 1.82) is 0 Å². The quantitative estimate of drug-likeness (QED) is 0.189. The van der Waals surface area contributed by atoms with Gasteiger partial charge in [-0.05, 0) is 56.0 Å². The number of hydrogen-bond acceptors (Lipinski definition) is 7. The first-order valence-electron chi connectivity index (χ1n) is 14.7. The number of ether oxygens (including phenoxy) is 2. The summed E-state index contributed by atoms with van der Waals surface area (Å²) in [5, 5.41) is 0. The van der Waals surface area contributed by atoms with Gasteiger partial charge in [-0.3, -0.25) is 9.59 Å². The summed E-state index contributed by atoms with van der Waals surface area (Å²) in [7, 11) is 1.90. The Morgan fingerprint density at radius 2 is 1.57 bits per heavy atom. The lowest BCUT2D eigenvalue weighted by Crippen LogP contribution is -2.42. The van der Waals surface area contributed by atoms with Crippen LogP contribution in [0.2, 0.25) is 0 Å². The van der Waals surface area contributed by atoms with Gasteiger partial charge in [-0.2, -0.15) is 0 Å². The second kappa shape index (κ2) is 15.1. The molecule has 1 heterocycles. The molecule has 2 N–H and O–H groups in total. The molecule has 0 aliphatic carbocycles. The summed E-state index contributed by atoms with van der Waals surface area (Å²) in [4.78, 5) is 33.2. The van der Waals surface area contributed by atoms with Gasteiger partial charge in [0.15, 0.2) is 5.96 Å². The maximum absolute atomic E-state index is 13.1. The molecule has 0 radical (unpaired) electrons. The molecular weight excluding hydrogens is 528 g/mol. The Hall–Kier alpha value is -4.33. The predicted molar refractivity (Wildman–Crippen MR) is 165 cm³/mol. The van der Waals surface area contributed by atoms with E-state index in [4.69, 9.17) is 15.2 Å². The van der Waals surface area contributed by atoms with E-state index >= 15 is 0 Å². The van der Waals surface area contributed by atoms with Crippen molar-refractivity contribution in [3.05, 3.63) is 95.6 Å². The number of nitrogens with two attached hydrogens (primary N) is 1. The Bertz CT molecular complexity index is 1300. The van der Waals surface area contributed by atoms with E-state index in [1.165, 1.54) is 0 Å². The van der Waals surface area contributed by atoms with Crippen molar-refractivity contribution in [2.75, 3.05) is 20.2 Å². The highest BCUT2D eigenvalue weighted by atomic mass is 16.5. The minimum Gasteiger partial charge on any atom is -0.494 e. The van der Waals surface area contributed by atoms with Crippen LogP contribution in [0.3, 0.4) is 0 Å². The first kappa shape index (κ1) is 30.6. The third-order valence-electron chi connectivity index (χ3n) is 7.22. The average molecular weight is 571 g/mol. The lowest BCUT2D eigenvalue weighted by atomic mass is 9.97. The molecular formula is C34H42N4O4. The zero-order valence-electron chi connectivity index (χ0n) is 24.9. The number of amides is 1. The lowest BCUT2D eigenvalue weighted by Gasteiger charge is -2.29. The second-order valence-corrected chi connectivity index (χ2v) is 10.9. The molecule has 8 heteroatoms. The number of hydrogen-bond donors (Lipinski definition) is 1. The summed E-state index contributed by atoms with van der Waals surface area (Å²) in [5.74, 6) is 0.878. The Morgan fingerprint density at radius 1 is 0.929 bits per heavy atom. The highest BCUT2D eigenvalue weighted by Crippen LogP contribution is 2.30. The number of guanidine groups is 1. The smallest absolute Gasteiger partial charge is 0.325 e. The maximum atomic E-state index is 13.1. The zero-order chi connectivity index (χ0) is 29.9. The largest absolute Gasteiger partial charge is 0.494 e. The number of nitrogens with zero attached hydrogens (tertiary/aromatic N) is 3. The number of rotatable bonds is 14. The van der Waals surface area contributed by atoms with Gasteiger partial charge < -0.3 is 25.0 Å². The molecule has 4 rings (SSSR count). The van der Waals surface area contributed by atoms with Gasteiger partial charge in [0.1, 0.15) is 12.3 Å². The first-order valence-corrected chi connectivity index (χ1v) is 14.7. The molecule has 42 heavy (non-hydrogen) atoms. The molecule has 3 aromatic carbocycles. The van der Waals surface area contributed by atoms with Gasteiger partial charge in [0.25, 0.3) is 0 Å². The molecule has 1 aliphatic heterocycles. The van der Waals surface area contributed by atoms with Gasteiger partial charge >= 0.3 is 5.97 Å². The van der Waals surface area contributed by atoms with Crippen LogP contribution in [0, 0.1) is 0 Å². The molecule has 0 spiro atoms. The van der Waals surface area contributed by atoms with Crippen LogP contribution in [0.25, 0.3) is 0 Å². The predicted octanol–water partition coefficient (Wildman–Crippen LogP) is 5.98. The molecule has 8 nitrogen and oxygen atoms in total. The van der Waals surface area contributed by atoms with Crippen molar-refractivity contribution in [3.8, 4) is 5.75 Å². The summed E-state index contributed by atoms with van der Waals surface area (Å²) in [6, 6.07) is 26.0. The Labute approximate surface area is 249 Å². The van der Waals surface area contributed by atoms with Crippen molar-refractivity contribution in [1.82, 2.24) is 9.80 Å². The fraction of sp³-hybridized carbons (Fsp3) is 0.382. The fourth-order valence-corrected chi connectivity index (χ4v) is 5.11. The standard InChI is InChI=1S/C34H42N4O4/c1-25(2)42-32(40)24-38-23-28-22-29(19-20-30(28)36-34(38)35)41-21-13-5-4-12-18-31(39)37(3)33(26-14-8-6-9-15-26)27-16-10-7-11-17-27/h6-11,14-17,19-20,22,25,33H,4-5,12-13,18,21,23-24H2,1-3H3,(H2,35,36). The van der Waals surface area contributed by atoms with Gasteiger partial charge in [-0.25, -0.2) is 4.99 Å². The van der Waals surface area contributed by atoms with E-state index < -0.39 is 0 Å². The van der Waals surface area contributed by atoms with Crippen LogP contribution in [0.1, 0.15) is 68.7 Å². The number of carbonyl (C=O) groups excluding carboxylic acids is 2. The third kappa shape index (κ3) is 8.59. The van der Waals surface area contributed by atoms with Crippen LogP contribution >= 0.6 is 0 Å². The molecule has 0 saturated heterocycles. The van der Waals surface area contributed by atoms with E-state index in [9.17, 15) is 9.59 Å². The lowest BCUT2D eigenvalue weighted by molar-refractivity contribution is -0.147. The van der Waals surface area contributed by atoms with E-state index in [0.29, 0.717) is 25.5 Å². The second-order valence-electron chi connectivity index (χ2n) is 10.9. The highest BCUT2D eigenvalue weighted by molar-refractivity contribution is 5.87. The topological polar surface area (TPSA) is 97.5 Å². The van der Waals surface area contributed by atoms with Gasteiger partial charge in [0.05, 0.1) is 24.4 Å². The molecule has 222 valence electrons. The number of fused-ring (bicyclic) bond motifs is 1. The number of aliphatic imine (C=N–C) groups is 1. The number of carbonyl (C=O) groups is 2. The summed E-state index contributed by atoms with van der Waals surface area (Å²) in [5.41, 5.74) is 10.0. The van der Waals surface area contributed by atoms with Crippen LogP contribution in [-0.2, 0) is 20.9 Å². The Kier molecular flexibility index (Phi) is 11.0. The first-order chi connectivity index (χ1) is 20.3. The summed E-state index contributed by atoms with van der Waals surface area (Å²) < 4.78 is 11.2. The van der Waals surface area contributed by atoms with Crippen molar-refractivity contribution < 1.29 is 19.1 Å². The molecule has 1 aliphatic rings. The molecule has 0 fully saturated rings. The average Bonchev–Trinajstić information content (AvgIpc) is 2.98. The monoisotopic (exact) mass is 570 g/mol. The molecule has 0 unspecified atom stereocenters. The van der Waals surface area contributed by atoms with Crippen molar-refractivity contribution in [2.45, 2.75) is 64.6 Å². The van der Waals surface area contributed by atoms with Crippen molar-refractivity contribution >= 4 is 23.5 Å². The summed E-state index contributed by atoms with van der Waals surface area (Å²) in [6.45, 7) is 4.74. The molecule has 0 bridgehead atoms. The van der Waals surface area contributed by atoms with Crippen LogP contribution in [0.15, 0.2) is 83.9 Å². The van der Waals surface area contributed by atoms with E-state index in [-0.39, 0.29) is 30.6 Å². The molecule has 0 atom stereocenters. The number of unbranched alkanes of at least 4 members (excludes halogenated alkanes) is 3. The van der Waals surface area contributed by atoms with Crippen LogP contribution < -0.4 is 10.5 Å². The van der Waals surface area contributed by atoms with E-state index in [1.54, 1.807) is 4.90 Å². The zero-order valence-corrected chi connectivity index (χ0v) is 24.9. The van der Waals surface area contributed by atoms with Crippen LogP contribution in [-0.4, -0.2) is 53.9 Å². The van der Waals surface area contributed by atoms with E-state index in [1.807, 2.05) is 80.4 Å². The molecule has 1 amide bonds. The Morgan fingerprint density at radius 3 is 2.21 bits per heavy atom. The van der Waals surface area contributed by atoms with Gasteiger partial charge in [0.2, 0.25) is 5.91 Å². The molecule has 0 saturated carbocycles. The van der Waals surface area contributed by atoms with E-state index in [0.717, 1.165) is 53.8 Å². The maximum Gasteiger partial charge on any atom is 0.325 e. The molecule has 3 aromatic rings. The number of benzene rings is 3. The van der Waals surface area contributed by atoms with Gasteiger partial charge in [-0.1, -0.05) is 73.5 Å². The van der Waals surface area contributed by atoms with Crippen LogP contribution in [0.4, 0.5) is 5.69 Å². The fourth-order valence-electron chi connectivity index (χ4n) is 5.11. The SMILES string of the molecule is CC(C)OC(=O)CN1Cc2cc(OCCCCCCC(=O)N(C)C(c3ccccc3)c3ccccc3)ccc2N=C1N. The van der Waals surface area contributed by atoms with E-state index in [2.05, 4.69) is 29.3 Å². The Balaban J connectivity index is 1.19. The minimum atomic E-state index is -0.334.